The lowest BCUT2D eigenvalue weighted by atomic mass is 9.98. The van der Waals surface area contributed by atoms with Gasteiger partial charge in [-0.2, -0.15) is 0 Å². The molecule has 0 aromatic carbocycles. The molecule has 0 aliphatic carbocycles. The van der Waals surface area contributed by atoms with Gasteiger partial charge in [-0.1, -0.05) is 19.9 Å². The third kappa shape index (κ3) is 3.52. The predicted octanol–water partition coefficient (Wildman–Crippen LogP) is 3.74. The van der Waals surface area contributed by atoms with Gasteiger partial charge in [-0.15, -0.1) is 11.3 Å². The summed E-state index contributed by atoms with van der Waals surface area (Å²) >= 11 is 1.74. The fourth-order valence-electron chi connectivity index (χ4n) is 2.86. The van der Waals surface area contributed by atoms with Gasteiger partial charge in [-0.3, -0.25) is 0 Å². The van der Waals surface area contributed by atoms with E-state index in [1.807, 2.05) is 6.07 Å². The Bertz CT molecular complexity index is 699. The van der Waals surface area contributed by atoms with E-state index in [-0.39, 0.29) is 5.69 Å². The molecule has 3 rings (SSSR count). The van der Waals surface area contributed by atoms with Crippen LogP contribution in [0.15, 0.2) is 23.6 Å². The second-order valence-electron chi connectivity index (χ2n) is 6.24. The summed E-state index contributed by atoms with van der Waals surface area (Å²) in [6, 6.07) is 5.18. The Morgan fingerprint density at radius 2 is 2.22 bits per heavy atom. The summed E-state index contributed by atoms with van der Waals surface area (Å²) in [5.41, 5.74) is 1.26. The Hall–Kier alpha value is -1.95. The number of hydrogen-bond donors (Lipinski definition) is 1. The first-order valence-electron chi connectivity index (χ1n) is 7.95. The average Bonchev–Trinajstić information content (AvgIpc) is 3.05. The predicted molar refractivity (Wildman–Crippen MR) is 91.6 cm³/mol. The third-order valence-corrected chi connectivity index (χ3v) is 5.20. The van der Waals surface area contributed by atoms with Crippen LogP contribution >= 0.6 is 11.3 Å². The van der Waals surface area contributed by atoms with Gasteiger partial charge in [-0.05, 0) is 30.9 Å². The molecule has 1 unspecified atom stereocenters. The number of aromatic nitrogens is 2. The van der Waals surface area contributed by atoms with Crippen LogP contribution in [-0.4, -0.2) is 34.1 Å². The summed E-state index contributed by atoms with van der Waals surface area (Å²) in [4.78, 5) is 22.3. The average molecular weight is 331 g/mol. The van der Waals surface area contributed by atoms with Gasteiger partial charge >= 0.3 is 5.97 Å². The Labute approximate surface area is 140 Å². The van der Waals surface area contributed by atoms with Crippen molar-refractivity contribution in [2.45, 2.75) is 38.5 Å². The highest BCUT2D eigenvalue weighted by Crippen LogP contribution is 2.32. The van der Waals surface area contributed by atoms with Crippen LogP contribution in [0.25, 0.3) is 0 Å². The highest BCUT2D eigenvalue weighted by molar-refractivity contribution is 7.09. The molecule has 2 aromatic rings. The molecule has 23 heavy (non-hydrogen) atoms. The number of aromatic carboxylic acids is 1. The van der Waals surface area contributed by atoms with Crippen LogP contribution in [0.5, 0.6) is 0 Å². The zero-order valence-corrected chi connectivity index (χ0v) is 14.2. The van der Waals surface area contributed by atoms with E-state index in [1.165, 1.54) is 11.1 Å². The number of hydrogen-bond acceptors (Lipinski definition) is 5. The smallest absolute Gasteiger partial charge is 0.354 e. The summed E-state index contributed by atoms with van der Waals surface area (Å²) < 4.78 is 0. The minimum atomic E-state index is -0.984. The summed E-state index contributed by atoms with van der Waals surface area (Å²) in [6.45, 7) is 6.08. The summed E-state index contributed by atoms with van der Waals surface area (Å²) in [7, 11) is 0. The lowest BCUT2D eigenvalue weighted by Crippen LogP contribution is -2.35. The molecule has 6 heteroatoms. The second-order valence-corrected chi connectivity index (χ2v) is 7.13. The van der Waals surface area contributed by atoms with E-state index in [2.05, 4.69) is 29.1 Å². The molecule has 5 nitrogen and oxygen atoms in total. The van der Waals surface area contributed by atoms with Gasteiger partial charge in [0.2, 0.25) is 0 Å². The van der Waals surface area contributed by atoms with Crippen molar-refractivity contribution in [3.8, 4) is 0 Å². The number of thiazole rings is 1. The minimum Gasteiger partial charge on any atom is -0.477 e. The maximum atomic E-state index is 11.1. The fourth-order valence-corrected chi connectivity index (χ4v) is 3.97. The fraction of sp³-hybridized carbons (Fsp3) is 0.471. The molecule has 2 aromatic heterocycles. The van der Waals surface area contributed by atoms with Crippen molar-refractivity contribution >= 4 is 23.1 Å². The Morgan fingerprint density at radius 3 is 2.91 bits per heavy atom. The SMILES string of the molecule is CC(C)c1csc(C2CCCN(c3cccc(C(=O)O)n3)C2)n1. The van der Waals surface area contributed by atoms with Gasteiger partial charge in [0.05, 0.1) is 10.7 Å². The standard InChI is InChI=1S/C17H21N3O2S/c1-11(2)14-10-23-16(19-14)12-5-4-8-20(9-12)15-7-3-6-13(18-15)17(21)22/h3,6-7,10-12H,4-5,8-9H2,1-2H3,(H,21,22). The van der Waals surface area contributed by atoms with E-state index in [0.29, 0.717) is 11.8 Å². The van der Waals surface area contributed by atoms with E-state index in [1.54, 1.807) is 17.4 Å². The summed E-state index contributed by atoms with van der Waals surface area (Å²) in [6.07, 6.45) is 2.19. The monoisotopic (exact) mass is 331 g/mol. The Morgan fingerprint density at radius 1 is 1.39 bits per heavy atom. The van der Waals surface area contributed by atoms with Gasteiger partial charge in [0.1, 0.15) is 5.82 Å². The first kappa shape index (κ1) is 15.9. The quantitative estimate of drug-likeness (QED) is 0.924. The van der Waals surface area contributed by atoms with Crippen molar-refractivity contribution in [3.05, 3.63) is 40.0 Å². The lowest BCUT2D eigenvalue weighted by Gasteiger charge is -2.32. The molecule has 1 aliphatic heterocycles. The minimum absolute atomic E-state index is 0.0981. The molecular weight excluding hydrogens is 310 g/mol. The van der Waals surface area contributed by atoms with Crippen molar-refractivity contribution in [2.75, 3.05) is 18.0 Å². The van der Waals surface area contributed by atoms with Crippen molar-refractivity contribution in [3.63, 3.8) is 0 Å². The number of anilines is 1. The third-order valence-electron chi connectivity index (χ3n) is 4.18. The Balaban J connectivity index is 1.77. The van der Waals surface area contributed by atoms with Gasteiger partial charge in [0, 0.05) is 24.4 Å². The van der Waals surface area contributed by atoms with E-state index in [4.69, 9.17) is 10.1 Å². The van der Waals surface area contributed by atoms with Crippen molar-refractivity contribution in [2.24, 2.45) is 0 Å². The van der Waals surface area contributed by atoms with Crippen LogP contribution in [0, 0.1) is 0 Å². The summed E-state index contributed by atoms with van der Waals surface area (Å²) in [5, 5.41) is 12.4. The highest BCUT2D eigenvalue weighted by Gasteiger charge is 2.25. The van der Waals surface area contributed by atoms with E-state index in [9.17, 15) is 4.79 Å². The van der Waals surface area contributed by atoms with E-state index in [0.717, 1.165) is 37.4 Å². The van der Waals surface area contributed by atoms with Crippen LogP contribution < -0.4 is 4.90 Å². The van der Waals surface area contributed by atoms with Gasteiger partial charge in [0.25, 0.3) is 0 Å². The normalized spacial score (nSPS) is 18.4. The van der Waals surface area contributed by atoms with E-state index < -0.39 is 5.97 Å². The first-order valence-corrected chi connectivity index (χ1v) is 8.83. The van der Waals surface area contributed by atoms with Gasteiger partial charge < -0.3 is 10.0 Å². The van der Waals surface area contributed by atoms with Crippen molar-refractivity contribution < 1.29 is 9.90 Å². The highest BCUT2D eigenvalue weighted by atomic mass is 32.1. The molecule has 1 saturated heterocycles. The second kappa shape index (κ2) is 6.66. The molecular formula is C17H21N3O2S. The van der Waals surface area contributed by atoms with E-state index >= 15 is 0 Å². The number of carboxylic acids is 1. The lowest BCUT2D eigenvalue weighted by molar-refractivity contribution is 0.0690. The van der Waals surface area contributed by atoms with Gasteiger partial charge in [0.15, 0.2) is 5.69 Å². The number of piperidine rings is 1. The van der Waals surface area contributed by atoms with Gasteiger partial charge in [-0.25, -0.2) is 14.8 Å². The molecule has 0 saturated carbocycles. The maximum Gasteiger partial charge on any atom is 0.354 e. The number of rotatable bonds is 4. The van der Waals surface area contributed by atoms with Crippen molar-refractivity contribution in [1.29, 1.82) is 0 Å². The number of carboxylic acid groups (broad SMARTS) is 1. The zero-order chi connectivity index (χ0) is 16.4. The Kier molecular flexibility index (Phi) is 4.61. The molecule has 1 N–H and O–H groups in total. The molecule has 0 amide bonds. The topological polar surface area (TPSA) is 66.3 Å². The molecule has 3 heterocycles. The zero-order valence-electron chi connectivity index (χ0n) is 13.4. The van der Waals surface area contributed by atoms with Crippen molar-refractivity contribution in [1.82, 2.24) is 9.97 Å². The number of carbonyl (C=O) groups is 1. The van der Waals surface area contributed by atoms with Crippen LogP contribution in [-0.2, 0) is 0 Å². The van der Waals surface area contributed by atoms with Crippen LogP contribution in [0.1, 0.15) is 59.7 Å². The van der Waals surface area contributed by atoms with Crippen LogP contribution in [0.2, 0.25) is 0 Å². The molecule has 0 radical (unpaired) electrons. The largest absolute Gasteiger partial charge is 0.477 e. The molecule has 0 spiro atoms. The molecule has 1 atom stereocenters. The number of pyridine rings is 1. The van der Waals surface area contributed by atoms with Crippen LogP contribution in [0.3, 0.4) is 0 Å². The molecule has 1 aliphatic rings. The first-order chi connectivity index (χ1) is 11.0. The number of nitrogens with zero attached hydrogens (tertiary/aromatic N) is 3. The molecule has 0 bridgehead atoms. The molecule has 1 fully saturated rings. The summed E-state index contributed by atoms with van der Waals surface area (Å²) in [5.74, 6) is 0.613. The maximum absolute atomic E-state index is 11.1. The van der Waals surface area contributed by atoms with Crippen LogP contribution in [0.4, 0.5) is 5.82 Å². The molecule has 122 valence electrons.